The molecule has 0 atom stereocenters. The van der Waals surface area contributed by atoms with Crippen molar-refractivity contribution in [2.75, 3.05) is 52.5 Å². The highest BCUT2D eigenvalue weighted by Gasteiger charge is 2.42. The Bertz CT molecular complexity index is 559. The van der Waals surface area contributed by atoms with Crippen molar-refractivity contribution >= 4 is 12.1 Å². The first-order valence-electron chi connectivity index (χ1n) is 11.5. The van der Waals surface area contributed by atoms with Crippen LogP contribution in [0.25, 0.3) is 0 Å². The van der Waals surface area contributed by atoms with E-state index in [-0.39, 0.29) is 11.4 Å². The second-order valence-corrected chi connectivity index (χ2v) is 8.72. The van der Waals surface area contributed by atoms with Gasteiger partial charge in [-0.25, -0.2) is 4.99 Å². The summed E-state index contributed by atoms with van der Waals surface area (Å²) in [6.45, 7) is 18.2. The maximum atomic E-state index is 12.8. The van der Waals surface area contributed by atoms with E-state index in [4.69, 9.17) is 4.74 Å². The largest absolute Gasteiger partial charge is 0.381 e. The Hall–Kier alpha value is -1.24. The van der Waals surface area contributed by atoms with Crippen LogP contribution in [0.1, 0.15) is 60.3 Å². The molecule has 2 aliphatic rings. The molecule has 29 heavy (non-hydrogen) atoms. The highest BCUT2D eigenvalue weighted by molar-refractivity contribution is 5.78. The van der Waals surface area contributed by atoms with Crippen LogP contribution >= 0.6 is 0 Å². The summed E-state index contributed by atoms with van der Waals surface area (Å²) >= 11 is 0. The molecule has 6 heteroatoms. The molecular formula is C23H42N4O2. The third-order valence-electron chi connectivity index (χ3n) is 6.34. The highest BCUT2D eigenvalue weighted by atomic mass is 16.5. The maximum absolute atomic E-state index is 12.8. The summed E-state index contributed by atoms with van der Waals surface area (Å²) in [5.74, 6) is 1.66. The molecule has 0 aliphatic carbocycles. The molecule has 6 nitrogen and oxygen atoms in total. The summed E-state index contributed by atoms with van der Waals surface area (Å²) in [7, 11) is 0. The van der Waals surface area contributed by atoms with Crippen molar-refractivity contribution in [2.45, 2.75) is 65.8 Å². The Kier molecular flexibility index (Phi) is 9.80. The molecule has 2 aliphatic heterocycles. The van der Waals surface area contributed by atoms with E-state index in [0.29, 0.717) is 13.0 Å². The van der Waals surface area contributed by atoms with E-state index in [1.807, 2.05) is 31.7 Å². The van der Waals surface area contributed by atoms with Crippen molar-refractivity contribution in [1.29, 1.82) is 0 Å². The molecule has 0 N–H and O–H groups in total. The van der Waals surface area contributed by atoms with Crippen LogP contribution in [-0.4, -0.2) is 84.8 Å². The van der Waals surface area contributed by atoms with Gasteiger partial charge in [0.25, 0.3) is 0 Å². The van der Waals surface area contributed by atoms with Crippen LogP contribution in [0.5, 0.6) is 0 Å². The molecule has 0 aromatic carbocycles. The minimum Gasteiger partial charge on any atom is -0.381 e. The molecule has 0 aromatic heterocycles. The Balaban J connectivity index is 2.15. The molecule has 166 valence electrons. The number of rotatable bonds is 9. The number of aliphatic imine (C=N–C) groups is 1. The Labute approximate surface area is 178 Å². The van der Waals surface area contributed by atoms with Gasteiger partial charge in [-0.1, -0.05) is 20.8 Å². The van der Waals surface area contributed by atoms with E-state index < -0.39 is 0 Å². The van der Waals surface area contributed by atoms with Crippen LogP contribution in [0.3, 0.4) is 0 Å². The van der Waals surface area contributed by atoms with Crippen molar-refractivity contribution in [3.63, 3.8) is 0 Å². The van der Waals surface area contributed by atoms with Gasteiger partial charge in [-0.2, -0.15) is 0 Å². The lowest BCUT2D eigenvalue weighted by Crippen LogP contribution is -2.63. The minimum absolute atomic E-state index is 0.0231. The molecule has 2 heterocycles. The topological polar surface area (TPSA) is 48.4 Å². The molecule has 0 aromatic rings. The van der Waals surface area contributed by atoms with E-state index in [0.717, 1.165) is 64.0 Å². The van der Waals surface area contributed by atoms with Crippen molar-refractivity contribution in [3.05, 3.63) is 11.9 Å². The fourth-order valence-corrected chi connectivity index (χ4v) is 4.43. The zero-order chi connectivity index (χ0) is 21.3. The average molecular weight is 407 g/mol. The van der Waals surface area contributed by atoms with Gasteiger partial charge in [0.2, 0.25) is 5.91 Å². The zero-order valence-electron chi connectivity index (χ0n) is 19.3. The van der Waals surface area contributed by atoms with Crippen LogP contribution in [0.15, 0.2) is 16.9 Å². The Morgan fingerprint density at radius 2 is 1.83 bits per heavy atom. The van der Waals surface area contributed by atoms with Crippen LogP contribution in [0.4, 0.5) is 0 Å². The number of piperazine rings is 1. The minimum atomic E-state index is -0.0231. The molecule has 0 unspecified atom stereocenters. The van der Waals surface area contributed by atoms with Crippen molar-refractivity contribution in [3.8, 4) is 0 Å². The summed E-state index contributed by atoms with van der Waals surface area (Å²) in [6, 6.07) is 0. The molecule has 0 spiro atoms. The predicted octanol–water partition coefficient (Wildman–Crippen LogP) is 3.39. The quantitative estimate of drug-likeness (QED) is 0.551. The molecule has 0 bridgehead atoms. The zero-order valence-corrected chi connectivity index (χ0v) is 19.3. The molecular weight excluding hydrogens is 364 g/mol. The first kappa shape index (κ1) is 24.0. The van der Waals surface area contributed by atoms with Gasteiger partial charge in [0.15, 0.2) is 0 Å². The lowest BCUT2D eigenvalue weighted by molar-refractivity contribution is -0.133. The highest BCUT2D eigenvalue weighted by Crippen LogP contribution is 2.32. The number of carbonyl (C=O) groups excluding carboxylic acids is 1. The summed E-state index contributed by atoms with van der Waals surface area (Å²) in [5, 5.41) is 0. The second kappa shape index (κ2) is 11.8. The Morgan fingerprint density at radius 3 is 2.34 bits per heavy atom. The van der Waals surface area contributed by atoms with Crippen LogP contribution in [0, 0.1) is 5.92 Å². The normalized spacial score (nSPS) is 21.8. The van der Waals surface area contributed by atoms with Crippen molar-refractivity contribution < 1.29 is 9.53 Å². The standard InChI is InChI=1S/C23H42N4O2/c1-6-21(24-8-3)27(22(28)7-2)19-23(10-17-29-18-11-23)26-15-13-25(14-16-26)12-9-20(4)5/h6,8,20H,7,9-19H2,1-5H3/b21-6+,24-8?. The van der Waals surface area contributed by atoms with Crippen LogP contribution in [-0.2, 0) is 9.53 Å². The average Bonchev–Trinajstić information content (AvgIpc) is 2.75. The molecule has 0 radical (unpaired) electrons. The number of nitrogens with zero attached hydrogens (tertiary/aromatic N) is 4. The lowest BCUT2D eigenvalue weighted by Gasteiger charge is -2.51. The van der Waals surface area contributed by atoms with Gasteiger partial charge in [0.05, 0.1) is 0 Å². The van der Waals surface area contributed by atoms with Gasteiger partial charge < -0.3 is 9.64 Å². The Morgan fingerprint density at radius 1 is 1.17 bits per heavy atom. The summed E-state index contributed by atoms with van der Waals surface area (Å²) in [4.78, 5) is 24.5. The number of allylic oxidation sites excluding steroid dienone is 1. The number of amides is 1. The van der Waals surface area contributed by atoms with Gasteiger partial charge in [0.1, 0.15) is 5.82 Å². The van der Waals surface area contributed by atoms with Crippen LogP contribution in [0.2, 0.25) is 0 Å². The summed E-state index contributed by atoms with van der Waals surface area (Å²) < 4.78 is 5.72. The van der Waals surface area contributed by atoms with E-state index in [1.165, 1.54) is 13.0 Å². The van der Waals surface area contributed by atoms with Gasteiger partial charge in [-0.3, -0.25) is 14.6 Å². The second-order valence-electron chi connectivity index (χ2n) is 8.72. The van der Waals surface area contributed by atoms with E-state index in [2.05, 4.69) is 28.6 Å². The van der Waals surface area contributed by atoms with Crippen molar-refractivity contribution in [2.24, 2.45) is 10.9 Å². The van der Waals surface area contributed by atoms with E-state index in [9.17, 15) is 4.79 Å². The predicted molar refractivity (Wildman–Crippen MR) is 120 cm³/mol. The number of ether oxygens (including phenoxy) is 1. The maximum Gasteiger partial charge on any atom is 0.227 e. The summed E-state index contributed by atoms with van der Waals surface area (Å²) in [5.41, 5.74) is -0.0231. The van der Waals surface area contributed by atoms with Gasteiger partial charge in [-0.05, 0) is 51.6 Å². The monoisotopic (exact) mass is 406 g/mol. The first-order chi connectivity index (χ1) is 14.0. The van der Waals surface area contributed by atoms with Gasteiger partial charge >= 0.3 is 0 Å². The lowest BCUT2D eigenvalue weighted by atomic mass is 9.86. The number of hydrogen-bond donors (Lipinski definition) is 0. The molecule has 2 saturated heterocycles. The SMILES string of the molecule is CC=N/C(=C\C)N(CC1(N2CCN(CCC(C)C)CC2)CCOCC1)C(=O)CC. The molecule has 2 fully saturated rings. The molecule has 1 amide bonds. The third kappa shape index (κ3) is 6.63. The van der Waals surface area contributed by atoms with Gasteiger partial charge in [0, 0.05) is 64.1 Å². The number of hydrogen-bond acceptors (Lipinski definition) is 5. The summed E-state index contributed by atoms with van der Waals surface area (Å²) in [6.07, 6.45) is 7.42. The fraction of sp³-hybridized carbons (Fsp3) is 0.826. The van der Waals surface area contributed by atoms with E-state index >= 15 is 0 Å². The fourth-order valence-electron chi connectivity index (χ4n) is 4.43. The first-order valence-corrected chi connectivity index (χ1v) is 11.5. The molecule has 0 saturated carbocycles. The third-order valence-corrected chi connectivity index (χ3v) is 6.34. The van der Waals surface area contributed by atoms with Gasteiger partial charge in [-0.15, -0.1) is 0 Å². The van der Waals surface area contributed by atoms with Crippen LogP contribution < -0.4 is 0 Å². The molecule has 2 rings (SSSR count). The van der Waals surface area contributed by atoms with E-state index in [1.54, 1.807) is 6.21 Å². The van der Waals surface area contributed by atoms with Crippen molar-refractivity contribution in [1.82, 2.24) is 14.7 Å². The smallest absolute Gasteiger partial charge is 0.227 e. The number of carbonyl (C=O) groups is 1.